The van der Waals surface area contributed by atoms with Crippen molar-refractivity contribution in [3.8, 4) is 0 Å². The molecule has 0 aliphatic carbocycles. The molecule has 0 atom stereocenters. The van der Waals surface area contributed by atoms with Crippen molar-refractivity contribution < 1.29 is 9.34 Å². The summed E-state index contributed by atoms with van der Waals surface area (Å²) in [5.74, 6) is 0.442. The molecule has 1 aromatic heterocycles. The van der Waals surface area contributed by atoms with Crippen LogP contribution in [0.3, 0.4) is 0 Å². The van der Waals surface area contributed by atoms with Crippen LogP contribution in [0.1, 0.15) is 19.1 Å². The van der Waals surface area contributed by atoms with Gasteiger partial charge in [0.1, 0.15) is 10.7 Å². The van der Waals surface area contributed by atoms with Gasteiger partial charge >= 0.3 is 5.88 Å². The van der Waals surface area contributed by atoms with E-state index in [-0.39, 0.29) is 5.88 Å². The van der Waals surface area contributed by atoms with E-state index in [2.05, 4.69) is 11.8 Å². The summed E-state index contributed by atoms with van der Waals surface area (Å²) in [6.45, 7) is 3.65. The van der Waals surface area contributed by atoms with Crippen molar-refractivity contribution >= 4 is 5.88 Å². The number of hydrogen-bond donors (Lipinski definition) is 0. The lowest BCUT2D eigenvalue weighted by atomic mass is 10.4. The monoisotopic (exact) mass is 198 g/mol. The molecule has 0 spiro atoms. The fourth-order valence-electron chi connectivity index (χ4n) is 1.28. The Labute approximate surface area is 82.5 Å². The second-order valence-corrected chi connectivity index (χ2v) is 3.23. The summed E-state index contributed by atoms with van der Waals surface area (Å²) in [5.41, 5.74) is 0. The molecule has 1 rings (SSSR count). The summed E-state index contributed by atoms with van der Waals surface area (Å²) in [5, 5.41) is 10.3. The van der Waals surface area contributed by atoms with Crippen LogP contribution in [0.2, 0.25) is 0 Å². The van der Waals surface area contributed by atoms with Crippen molar-refractivity contribution in [2.45, 2.75) is 19.9 Å². The van der Waals surface area contributed by atoms with Crippen molar-refractivity contribution in [1.29, 1.82) is 0 Å². The molecule has 0 saturated carbocycles. The summed E-state index contributed by atoms with van der Waals surface area (Å²) in [4.78, 5) is 11.9. The Morgan fingerprint density at radius 3 is 2.79 bits per heavy atom. The van der Waals surface area contributed by atoms with Gasteiger partial charge in [0.05, 0.1) is 12.6 Å². The van der Waals surface area contributed by atoms with E-state index < -0.39 is 4.92 Å². The first-order valence-electron chi connectivity index (χ1n) is 4.55. The highest BCUT2D eigenvalue weighted by Crippen LogP contribution is 2.16. The van der Waals surface area contributed by atoms with Crippen LogP contribution < -0.4 is 0 Å². The van der Waals surface area contributed by atoms with Gasteiger partial charge in [0.25, 0.3) is 0 Å². The average Bonchev–Trinajstić information content (AvgIpc) is 2.53. The number of rotatable bonds is 5. The van der Waals surface area contributed by atoms with Crippen molar-refractivity contribution in [3.05, 3.63) is 28.0 Å². The molecule has 5 nitrogen and oxygen atoms in total. The third-order valence-corrected chi connectivity index (χ3v) is 1.86. The molecule has 14 heavy (non-hydrogen) atoms. The van der Waals surface area contributed by atoms with E-state index >= 15 is 0 Å². The molecule has 0 unspecified atom stereocenters. The summed E-state index contributed by atoms with van der Waals surface area (Å²) >= 11 is 0. The first-order valence-corrected chi connectivity index (χ1v) is 4.55. The SMILES string of the molecule is CCCN(C)Cc1ccc([N+](=O)[O-])o1. The molecule has 0 N–H and O–H groups in total. The summed E-state index contributed by atoms with van der Waals surface area (Å²) in [7, 11) is 1.96. The summed E-state index contributed by atoms with van der Waals surface area (Å²) < 4.78 is 5.02. The van der Waals surface area contributed by atoms with E-state index in [0.717, 1.165) is 13.0 Å². The lowest BCUT2D eigenvalue weighted by Gasteiger charge is -2.12. The van der Waals surface area contributed by atoms with E-state index in [4.69, 9.17) is 4.42 Å². The van der Waals surface area contributed by atoms with E-state index in [0.29, 0.717) is 12.3 Å². The quantitative estimate of drug-likeness (QED) is 0.536. The van der Waals surface area contributed by atoms with Gasteiger partial charge in [-0.1, -0.05) is 6.92 Å². The largest absolute Gasteiger partial charge is 0.433 e. The topological polar surface area (TPSA) is 59.5 Å². The maximum atomic E-state index is 10.3. The van der Waals surface area contributed by atoms with E-state index in [1.165, 1.54) is 6.07 Å². The molecule has 1 heterocycles. The third-order valence-electron chi connectivity index (χ3n) is 1.86. The average molecular weight is 198 g/mol. The summed E-state index contributed by atoms with van der Waals surface area (Å²) in [6, 6.07) is 3.03. The van der Waals surface area contributed by atoms with Gasteiger partial charge < -0.3 is 4.42 Å². The molecule has 5 heteroatoms. The summed E-state index contributed by atoms with van der Waals surface area (Å²) in [6.07, 6.45) is 1.05. The number of furan rings is 1. The van der Waals surface area contributed by atoms with Gasteiger partial charge in [-0.15, -0.1) is 0 Å². The Bertz CT molecular complexity index is 309. The van der Waals surface area contributed by atoms with Crippen molar-refractivity contribution in [2.24, 2.45) is 0 Å². The van der Waals surface area contributed by atoms with Gasteiger partial charge in [0.15, 0.2) is 0 Å². The van der Waals surface area contributed by atoms with Crippen LogP contribution in [-0.4, -0.2) is 23.4 Å². The molecule has 78 valence electrons. The van der Waals surface area contributed by atoms with Crippen molar-refractivity contribution in [3.63, 3.8) is 0 Å². The molecule has 0 aliphatic heterocycles. The highest BCUT2D eigenvalue weighted by atomic mass is 16.6. The molecule has 0 aliphatic rings. The lowest BCUT2D eigenvalue weighted by Crippen LogP contribution is -2.17. The molecule has 1 aromatic rings. The minimum atomic E-state index is -0.524. The van der Waals surface area contributed by atoms with Crippen LogP contribution in [0.15, 0.2) is 16.5 Å². The van der Waals surface area contributed by atoms with Crippen LogP contribution in [-0.2, 0) is 6.54 Å². The fraction of sp³-hybridized carbons (Fsp3) is 0.556. The van der Waals surface area contributed by atoms with Crippen LogP contribution >= 0.6 is 0 Å². The highest BCUT2D eigenvalue weighted by molar-refractivity contribution is 5.17. The first-order chi connectivity index (χ1) is 6.63. The van der Waals surface area contributed by atoms with E-state index in [1.807, 2.05) is 7.05 Å². The number of nitrogens with zero attached hydrogens (tertiary/aromatic N) is 2. The zero-order valence-electron chi connectivity index (χ0n) is 8.40. The van der Waals surface area contributed by atoms with Crippen molar-refractivity contribution in [2.75, 3.05) is 13.6 Å². The Morgan fingerprint density at radius 2 is 2.29 bits per heavy atom. The number of hydrogen-bond acceptors (Lipinski definition) is 4. The Kier molecular flexibility index (Phi) is 3.64. The minimum Gasteiger partial charge on any atom is -0.404 e. The Balaban J connectivity index is 2.55. The van der Waals surface area contributed by atoms with Gasteiger partial charge in [0, 0.05) is 0 Å². The second kappa shape index (κ2) is 4.76. The van der Waals surface area contributed by atoms with E-state index in [9.17, 15) is 10.1 Å². The third kappa shape index (κ3) is 2.85. The lowest BCUT2D eigenvalue weighted by molar-refractivity contribution is -0.402. The Hall–Kier alpha value is -1.36. The molecule has 0 saturated heterocycles. The molecule has 0 bridgehead atoms. The van der Waals surface area contributed by atoms with Crippen molar-refractivity contribution in [1.82, 2.24) is 4.90 Å². The standard InChI is InChI=1S/C9H14N2O3/c1-3-6-10(2)7-8-4-5-9(14-8)11(12)13/h4-5H,3,6-7H2,1-2H3. The normalized spacial score (nSPS) is 10.8. The molecule has 0 radical (unpaired) electrons. The molecule has 0 aromatic carbocycles. The van der Waals surface area contributed by atoms with Gasteiger partial charge in [-0.05, 0) is 26.1 Å². The van der Waals surface area contributed by atoms with Crippen LogP contribution in [0, 0.1) is 10.1 Å². The Morgan fingerprint density at radius 1 is 1.57 bits per heavy atom. The smallest absolute Gasteiger partial charge is 0.404 e. The number of nitro groups is 1. The molecule has 0 amide bonds. The van der Waals surface area contributed by atoms with Crippen LogP contribution in [0.4, 0.5) is 5.88 Å². The maximum Gasteiger partial charge on any atom is 0.433 e. The molecular formula is C9H14N2O3. The van der Waals surface area contributed by atoms with Crippen LogP contribution in [0.25, 0.3) is 0 Å². The fourth-order valence-corrected chi connectivity index (χ4v) is 1.28. The van der Waals surface area contributed by atoms with Gasteiger partial charge in [-0.25, -0.2) is 0 Å². The second-order valence-electron chi connectivity index (χ2n) is 3.23. The molecule has 0 fully saturated rings. The molecular weight excluding hydrogens is 184 g/mol. The predicted molar refractivity (Wildman–Crippen MR) is 52.0 cm³/mol. The first kappa shape index (κ1) is 10.7. The van der Waals surface area contributed by atoms with Gasteiger partial charge in [-0.3, -0.25) is 15.0 Å². The van der Waals surface area contributed by atoms with Gasteiger partial charge in [0.2, 0.25) is 0 Å². The highest BCUT2D eigenvalue weighted by Gasteiger charge is 2.12. The minimum absolute atomic E-state index is 0.190. The van der Waals surface area contributed by atoms with E-state index in [1.54, 1.807) is 6.07 Å². The zero-order valence-corrected chi connectivity index (χ0v) is 8.40. The van der Waals surface area contributed by atoms with Crippen LogP contribution in [0.5, 0.6) is 0 Å². The zero-order chi connectivity index (χ0) is 10.6. The predicted octanol–water partition coefficient (Wildman–Crippen LogP) is 2.03. The maximum absolute atomic E-state index is 10.3. The van der Waals surface area contributed by atoms with Gasteiger partial charge in [-0.2, -0.15) is 0 Å².